The summed E-state index contributed by atoms with van der Waals surface area (Å²) in [6.07, 6.45) is 6.11. The summed E-state index contributed by atoms with van der Waals surface area (Å²) < 4.78 is 0. The molecule has 1 aliphatic carbocycles. The standard InChI is InChI=1S/C22H34N2O2/c1-16(2)23-20(25)15-12-17-10-13-19(14-11-17)22(3,4)24-21(26)18-8-6-5-7-9-18/h5-9,16-17,19H,10-15H2,1-4H3,(H,23,25)(H,24,26). The Labute approximate surface area is 158 Å². The predicted molar refractivity (Wildman–Crippen MR) is 106 cm³/mol. The molecule has 0 aliphatic heterocycles. The molecule has 2 rings (SSSR count). The minimum atomic E-state index is -0.215. The van der Waals surface area contributed by atoms with E-state index < -0.39 is 0 Å². The zero-order chi connectivity index (χ0) is 19.2. The number of rotatable bonds is 7. The van der Waals surface area contributed by atoms with E-state index in [0.717, 1.165) is 32.1 Å². The van der Waals surface area contributed by atoms with Crippen LogP contribution < -0.4 is 10.6 Å². The Morgan fingerprint density at radius 3 is 2.27 bits per heavy atom. The number of hydrogen-bond acceptors (Lipinski definition) is 2. The van der Waals surface area contributed by atoms with Crippen LogP contribution in [0.25, 0.3) is 0 Å². The third-order valence-corrected chi connectivity index (χ3v) is 5.57. The normalized spacial score (nSPS) is 20.7. The van der Waals surface area contributed by atoms with Crippen molar-refractivity contribution in [1.29, 1.82) is 0 Å². The maximum Gasteiger partial charge on any atom is 0.251 e. The molecule has 144 valence electrons. The van der Waals surface area contributed by atoms with Crippen molar-refractivity contribution in [1.82, 2.24) is 10.6 Å². The van der Waals surface area contributed by atoms with Crippen LogP contribution in [-0.4, -0.2) is 23.4 Å². The van der Waals surface area contributed by atoms with Gasteiger partial charge in [0.05, 0.1) is 0 Å². The van der Waals surface area contributed by atoms with Crippen LogP contribution in [0, 0.1) is 11.8 Å². The van der Waals surface area contributed by atoms with Gasteiger partial charge in [-0.15, -0.1) is 0 Å². The highest BCUT2D eigenvalue weighted by Gasteiger charge is 2.34. The van der Waals surface area contributed by atoms with Gasteiger partial charge in [0.2, 0.25) is 5.91 Å². The van der Waals surface area contributed by atoms with Crippen molar-refractivity contribution in [2.75, 3.05) is 0 Å². The van der Waals surface area contributed by atoms with Crippen LogP contribution in [0.4, 0.5) is 0 Å². The molecule has 0 unspecified atom stereocenters. The number of nitrogens with one attached hydrogen (secondary N) is 2. The van der Waals surface area contributed by atoms with E-state index in [4.69, 9.17) is 0 Å². The van der Waals surface area contributed by atoms with Gasteiger partial charge in [0.25, 0.3) is 5.91 Å². The number of carbonyl (C=O) groups excluding carboxylic acids is 2. The average Bonchev–Trinajstić information content (AvgIpc) is 2.60. The summed E-state index contributed by atoms with van der Waals surface area (Å²) in [4.78, 5) is 24.3. The molecule has 0 saturated heterocycles. The summed E-state index contributed by atoms with van der Waals surface area (Å²) in [5, 5.41) is 6.19. The first-order valence-corrected chi connectivity index (χ1v) is 9.95. The molecule has 0 aromatic heterocycles. The summed E-state index contributed by atoms with van der Waals surface area (Å²) in [5.74, 6) is 1.28. The molecule has 1 fully saturated rings. The molecule has 26 heavy (non-hydrogen) atoms. The molecule has 1 saturated carbocycles. The second-order valence-electron chi connectivity index (χ2n) is 8.52. The molecular weight excluding hydrogens is 324 g/mol. The Balaban J connectivity index is 1.79. The lowest BCUT2D eigenvalue weighted by atomic mass is 9.72. The van der Waals surface area contributed by atoms with Crippen LogP contribution >= 0.6 is 0 Å². The fraction of sp³-hybridized carbons (Fsp3) is 0.636. The van der Waals surface area contributed by atoms with Gasteiger partial charge in [-0.05, 0) is 70.9 Å². The van der Waals surface area contributed by atoms with Crippen LogP contribution in [0.1, 0.15) is 76.6 Å². The van der Waals surface area contributed by atoms with Crippen molar-refractivity contribution in [3.05, 3.63) is 35.9 Å². The van der Waals surface area contributed by atoms with Crippen molar-refractivity contribution in [2.24, 2.45) is 11.8 Å². The van der Waals surface area contributed by atoms with E-state index in [1.54, 1.807) is 0 Å². The highest BCUT2D eigenvalue weighted by molar-refractivity contribution is 5.94. The van der Waals surface area contributed by atoms with Gasteiger partial charge < -0.3 is 10.6 Å². The molecule has 0 radical (unpaired) electrons. The highest BCUT2D eigenvalue weighted by atomic mass is 16.2. The van der Waals surface area contributed by atoms with Gasteiger partial charge in [0.15, 0.2) is 0 Å². The predicted octanol–water partition coefficient (Wildman–Crippen LogP) is 4.31. The number of benzene rings is 1. The molecule has 1 aromatic carbocycles. The Hall–Kier alpha value is -1.84. The van der Waals surface area contributed by atoms with E-state index in [1.165, 1.54) is 0 Å². The Kier molecular flexibility index (Phi) is 7.24. The van der Waals surface area contributed by atoms with E-state index in [2.05, 4.69) is 24.5 Å². The van der Waals surface area contributed by atoms with E-state index in [9.17, 15) is 9.59 Å². The summed E-state index contributed by atoms with van der Waals surface area (Å²) in [6, 6.07) is 9.62. The van der Waals surface area contributed by atoms with Crippen molar-refractivity contribution >= 4 is 11.8 Å². The van der Waals surface area contributed by atoms with Gasteiger partial charge >= 0.3 is 0 Å². The van der Waals surface area contributed by atoms with Crippen molar-refractivity contribution in [3.63, 3.8) is 0 Å². The first-order chi connectivity index (χ1) is 12.3. The van der Waals surface area contributed by atoms with Crippen LogP contribution in [0.15, 0.2) is 30.3 Å². The lowest BCUT2D eigenvalue weighted by molar-refractivity contribution is -0.121. The highest BCUT2D eigenvalue weighted by Crippen LogP contribution is 2.37. The fourth-order valence-electron chi connectivity index (χ4n) is 3.96. The molecule has 0 heterocycles. The molecule has 2 N–H and O–H groups in total. The van der Waals surface area contributed by atoms with E-state index in [0.29, 0.717) is 23.8 Å². The molecule has 0 bridgehead atoms. The zero-order valence-electron chi connectivity index (χ0n) is 16.7. The first-order valence-electron chi connectivity index (χ1n) is 9.95. The van der Waals surface area contributed by atoms with Gasteiger partial charge in [0, 0.05) is 23.6 Å². The van der Waals surface area contributed by atoms with Crippen LogP contribution in [0.5, 0.6) is 0 Å². The molecular formula is C22H34N2O2. The first kappa shape index (κ1) is 20.5. The van der Waals surface area contributed by atoms with Gasteiger partial charge in [-0.1, -0.05) is 31.0 Å². The SMILES string of the molecule is CC(C)NC(=O)CCC1CCC(C(C)(C)NC(=O)c2ccccc2)CC1. The van der Waals surface area contributed by atoms with E-state index >= 15 is 0 Å². The minimum absolute atomic E-state index is 0.00285. The largest absolute Gasteiger partial charge is 0.354 e. The van der Waals surface area contributed by atoms with Crippen LogP contribution in [-0.2, 0) is 4.79 Å². The minimum Gasteiger partial charge on any atom is -0.354 e. The molecule has 0 atom stereocenters. The maximum atomic E-state index is 12.5. The maximum absolute atomic E-state index is 12.5. The van der Waals surface area contributed by atoms with E-state index in [-0.39, 0.29) is 23.4 Å². The second kappa shape index (κ2) is 9.20. The Morgan fingerprint density at radius 2 is 1.69 bits per heavy atom. The summed E-state index contributed by atoms with van der Waals surface area (Å²) >= 11 is 0. The molecule has 1 aliphatic rings. The van der Waals surface area contributed by atoms with Crippen molar-refractivity contribution < 1.29 is 9.59 Å². The lowest BCUT2D eigenvalue weighted by Crippen LogP contribution is -2.50. The van der Waals surface area contributed by atoms with Gasteiger partial charge in [0.1, 0.15) is 0 Å². The fourth-order valence-corrected chi connectivity index (χ4v) is 3.96. The molecule has 2 amide bonds. The summed E-state index contributed by atoms with van der Waals surface area (Å²) in [7, 11) is 0. The number of hydrogen-bond donors (Lipinski definition) is 2. The zero-order valence-corrected chi connectivity index (χ0v) is 16.7. The lowest BCUT2D eigenvalue weighted by Gasteiger charge is -2.40. The monoisotopic (exact) mass is 358 g/mol. The molecule has 4 nitrogen and oxygen atoms in total. The summed E-state index contributed by atoms with van der Waals surface area (Å²) in [5.41, 5.74) is 0.498. The molecule has 1 aromatic rings. The van der Waals surface area contributed by atoms with Crippen molar-refractivity contribution in [2.45, 2.75) is 77.8 Å². The van der Waals surface area contributed by atoms with Crippen LogP contribution in [0.3, 0.4) is 0 Å². The van der Waals surface area contributed by atoms with Crippen LogP contribution in [0.2, 0.25) is 0 Å². The van der Waals surface area contributed by atoms with Gasteiger partial charge in [-0.3, -0.25) is 9.59 Å². The van der Waals surface area contributed by atoms with Crippen molar-refractivity contribution in [3.8, 4) is 0 Å². The third kappa shape index (κ3) is 6.15. The van der Waals surface area contributed by atoms with E-state index in [1.807, 2.05) is 44.2 Å². The molecule has 0 spiro atoms. The Bertz CT molecular complexity index is 587. The second-order valence-corrected chi connectivity index (χ2v) is 8.52. The van der Waals surface area contributed by atoms with Gasteiger partial charge in [-0.25, -0.2) is 0 Å². The quantitative estimate of drug-likeness (QED) is 0.763. The third-order valence-electron chi connectivity index (χ3n) is 5.57. The number of amides is 2. The van der Waals surface area contributed by atoms with Gasteiger partial charge in [-0.2, -0.15) is 0 Å². The average molecular weight is 359 g/mol. The summed E-state index contributed by atoms with van der Waals surface area (Å²) in [6.45, 7) is 8.26. The Morgan fingerprint density at radius 1 is 1.08 bits per heavy atom. The topological polar surface area (TPSA) is 58.2 Å². The smallest absolute Gasteiger partial charge is 0.251 e. The molecule has 4 heteroatoms. The number of carbonyl (C=O) groups is 2.